The maximum absolute atomic E-state index is 4.82. The van der Waals surface area contributed by atoms with Gasteiger partial charge in [-0.15, -0.1) is 0 Å². The highest BCUT2D eigenvalue weighted by Gasteiger charge is 1.89. The molecule has 0 spiro atoms. The van der Waals surface area contributed by atoms with E-state index in [9.17, 15) is 0 Å². The lowest BCUT2D eigenvalue weighted by atomic mass is 10.2. The molecule has 0 aliphatic heterocycles. The normalized spacial score (nSPS) is 15.7. The van der Waals surface area contributed by atoms with Gasteiger partial charge in [-0.1, -0.05) is 24.3 Å². The molecule has 0 aromatic rings. The molecule has 1 nitrogen and oxygen atoms in total. The zero-order valence-corrected chi connectivity index (χ0v) is 6.50. The molecule has 0 unspecified atom stereocenters. The van der Waals surface area contributed by atoms with Crippen molar-refractivity contribution in [2.24, 2.45) is 5.92 Å². The van der Waals surface area contributed by atoms with E-state index in [1.54, 1.807) is 0 Å². The van der Waals surface area contributed by atoms with Crippen LogP contribution in [0.2, 0.25) is 0 Å². The van der Waals surface area contributed by atoms with E-state index >= 15 is 0 Å². The molecule has 0 saturated heterocycles. The Hall–Kier alpha value is -1.29. The molecule has 1 aliphatic rings. The van der Waals surface area contributed by atoms with E-state index in [4.69, 9.17) is 4.42 Å². The predicted octanol–water partition coefficient (Wildman–Crippen LogP) is 1.40. The van der Waals surface area contributed by atoms with E-state index in [2.05, 4.69) is 18.1 Å². The number of rotatable bonds is 1. The zero-order valence-electron chi connectivity index (χ0n) is 6.50. The summed E-state index contributed by atoms with van der Waals surface area (Å²) in [5.74, 6) is 5.91. The van der Waals surface area contributed by atoms with Crippen molar-refractivity contribution < 1.29 is 4.42 Å². The first-order valence-corrected chi connectivity index (χ1v) is 3.66. The van der Waals surface area contributed by atoms with Crippen LogP contribution in [0, 0.1) is 17.8 Å². The molecule has 0 heterocycles. The van der Waals surface area contributed by atoms with Crippen molar-refractivity contribution in [2.75, 3.05) is 6.61 Å². The Morgan fingerprint density at radius 1 is 1.45 bits per heavy atom. The lowest BCUT2D eigenvalue weighted by Gasteiger charge is -1.95. The molecule has 0 aromatic heterocycles. The molecule has 0 atom stereocenters. The van der Waals surface area contributed by atoms with Gasteiger partial charge in [0, 0.05) is 6.92 Å². The van der Waals surface area contributed by atoms with Crippen molar-refractivity contribution in [1.29, 1.82) is 0 Å². The van der Waals surface area contributed by atoms with Crippen LogP contribution in [0.15, 0.2) is 24.3 Å². The summed E-state index contributed by atoms with van der Waals surface area (Å²) < 4.78 is 4.82. The fraction of sp³-hybridized carbons (Fsp3) is 0.300. The van der Waals surface area contributed by atoms with Crippen molar-refractivity contribution in [1.82, 2.24) is 0 Å². The van der Waals surface area contributed by atoms with Gasteiger partial charge in [0.1, 0.15) is 0 Å². The minimum absolute atomic E-state index is 0.253. The number of carbonyl (C=O) groups excluding carboxylic acids is 1. The van der Waals surface area contributed by atoms with E-state index in [1.807, 2.05) is 31.2 Å². The molecule has 0 radical (unpaired) electrons. The Morgan fingerprint density at radius 2 is 2.18 bits per heavy atom. The van der Waals surface area contributed by atoms with Crippen LogP contribution in [-0.4, -0.2) is 12.9 Å². The van der Waals surface area contributed by atoms with Gasteiger partial charge in [0.25, 0.3) is 6.29 Å². The Morgan fingerprint density at radius 3 is 2.82 bits per heavy atom. The van der Waals surface area contributed by atoms with Gasteiger partial charge in [-0.05, 0) is 5.92 Å². The second-order valence-electron chi connectivity index (χ2n) is 2.10. The first-order valence-electron chi connectivity index (χ1n) is 3.66. The molecule has 0 saturated carbocycles. The molecule has 56 valence electrons. The average Bonchev–Trinajstić information content (AvgIpc) is 2.50. The van der Waals surface area contributed by atoms with Crippen LogP contribution in [0.4, 0.5) is 0 Å². The maximum atomic E-state index is 4.82. The minimum atomic E-state index is 0.253. The van der Waals surface area contributed by atoms with Gasteiger partial charge in [-0.2, -0.15) is 5.92 Å². The second-order valence-corrected chi connectivity index (χ2v) is 2.10. The minimum Gasteiger partial charge on any atom is -0.343 e. The molecule has 0 N–H and O–H groups in total. The molecule has 0 amide bonds. The quantitative estimate of drug-likeness (QED) is 0.301. The van der Waals surface area contributed by atoms with Gasteiger partial charge in [-0.25, -0.2) is 0 Å². The monoisotopic (exact) mass is 146 g/mol. The summed E-state index contributed by atoms with van der Waals surface area (Å²) in [5.41, 5.74) is 0. The van der Waals surface area contributed by atoms with Gasteiger partial charge in [-0.3, -0.25) is 0 Å². The van der Waals surface area contributed by atoms with Gasteiger partial charge in [0.2, 0.25) is 6.61 Å². The van der Waals surface area contributed by atoms with E-state index in [0.29, 0.717) is 6.61 Å². The Labute approximate surface area is 67.1 Å². The highest BCUT2D eigenvalue weighted by atomic mass is 16.4. The van der Waals surface area contributed by atoms with E-state index in [-0.39, 0.29) is 5.92 Å². The highest BCUT2D eigenvalue weighted by Crippen LogP contribution is 2.05. The van der Waals surface area contributed by atoms with Crippen LogP contribution in [0.1, 0.15) is 6.92 Å². The average molecular weight is 146 g/mol. The molecule has 11 heavy (non-hydrogen) atoms. The van der Waals surface area contributed by atoms with Crippen molar-refractivity contribution in [3.8, 4) is 11.8 Å². The first-order chi connectivity index (χ1) is 5.43. The summed E-state index contributed by atoms with van der Waals surface area (Å²) in [7, 11) is 0. The Balaban J connectivity index is 2.38. The highest BCUT2D eigenvalue weighted by molar-refractivity contribution is 5.74. The SMILES string of the molecule is CC[O+]=[C-]C#CC1C=CC=C1. The summed E-state index contributed by atoms with van der Waals surface area (Å²) in [4.78, 5) is 0. The molecular weight excluding hydrogens is 136 g/mol. The zero-order chi connectivity index (χ0) is 7.94. The van der Waals surface area contributed by atoms with Crippen LogP contribution in [-0.2, 0) is 4.42 Å². The summed E-state index contributed by atoms with van der Waals surface area (Å²) in [5, 5.41) is 0. The molecule has 0 fully saturated rings. The van der Waals surface area contributed by atoms with Crippen LogP contribution < -0.4 is 0 Å². The van der Waals surface area contributed by atoms with Gasteiger partial charge in [0.05, 0.1) is 0 Å². The number of allylic oxidation sites excluding steroid dienone is 4. The van der Waals surface area contributed by atoms with Gasteiger partial charge in [0.15, 0.2) is 0 Å². The molecule has 0 bridgehead atoms. The van der Waals surface area contributed by atoms with Crippen molar-refractivity contribution in [3.63, 3.8) is 0 Å². The standard InChI is InChI=1S/C10H10O/c1-2-11-9-5-8-10-6-3-4-7-10/h3-4,6-7,10H,2H2,1H3. The molecule has 1 rings (SSSR count). The van der Waals surface area contributed by atoms with E-state index in [1.165, 1.54) is 0 Å². The lowest BCUT2D eigenvalue weighted by Crippen LogP contribution is -1.82. The van der Waals surface area contributed by atoms with Crippen molar-refractivity contribution in [2.45, 2.75) is 6.92 Å². The van der Waals surface area contributed by atoms with Gasteiger partial charge >= 0.3 is 0 Å². The fourth-order valence-electron chi connectivity index (χ4n) is 0.749. The molecule has 1 heteroatoms. The second kappa shape index (κ2) is 4.51. The topological polar surface area (TPSA) is 11.3 Å². The lowest BCUT2D eigenvalue weighted by molar-refractivity contribution is 0.125. The van der Waals surface area contributed by atoms with E-state index < -0.39 is 0 Å². The van der Waals surface area contributed by atoms with Gasteiger partial charge < -0.3 is 10.3 Å². The molecular formula is C10H10O. The first kappa shape index (κ1) is 7.81. The summed E-state index contributed by atoms with van der Waals surface area (Å²) in [6.45, 7) is 2.54. The largest absolute Gasteiger partial charge is 0.343 e. The van der Waals surface area contributed by atoms with Crippen LogP contribution in [0.5, 0.6) is 0 Å². The van der Waals surface area contributed by atoms with Crippen molar-refractivity contribution in [3.05, 3.63) is 24.3 Å². The molecule has 0 aromatic carbocycles. The summed E-state index contributed by atoms with van der Waals surface area (Å²) in [6, 6.07) is 0. The van der Waals surface area contributed by atoms with Crippen molar-refractivity contribution >= 4 is 6.29 Å². The summed E-state index contributed by atoms with van der Waals surface area (Å²) in [6.07, 6.45) is 10.6. The Kier molecular flexibility index (Phi) is 3.21. The maximum Gasteiger partial charge on any atom is 0.272 e. The summed E-state index contributed by atoms with van der Waals surface area (Å²) >= 11 is 0. The molecule has 1 aliphatic carbocycles. The smallest absolute Gasteiger partial charge is 0.272 e. The number of hydrogen-bond donors (Lipinski definition) is 0. The predicted molar refractivity (Wildman–Crippen MR) is 45.8 cm³/mol. The van der Waals surface area contributed by atoms with Crippen LogP contribution >= 0.6 is 0 Å². The Bertz CT molecular complexity index is 236. The van der Waals surface area contributed by atoms with Crippen LogP contribution in [0.25, 0.3) is 0 Å². The fourth-order valence-corrected chi connectivity index (χ4v) is 0.749. The third kappa shape index (κ3) is 2.86. The number of hydrogen-bond acceptors (Lipinski definition) is 0. The van der Waals surface area contributed by atoms with E-state index in [0.717, 1.165) is 0 Å². The third-order valence-electron chi connectivity index (χ3n) is 1.25. The third-order valence-corrected chi connectivity index (χ3v) is 1.25. The van der Waals surface area contributed by atoms with Crippen LogP contribution in [0.3, 0.4) is 0 Å².